The Labute approximate surface area is 113 Å². The fourth-order valence-corrected chi connectivity index (χ4v) is 3.33. The van der Waals surface area contributed by atoms with Crippen molar-refractivity contribution in [2.45, 2.75) is 23.7 Å². The van der Waals surface area contributed by atoms with Gasteiger partial charge in [-0.15, -0.1) is 11.3 Å². The molecule has 0 aromatic carbocycles. The number of aromatic amines is 1. The standard InChI is InChI=1S/C11H13N5S2/c1-2-12-7-8-9(18-10-13-3-4-14-10)15-11-16(8)5-6-17-11/h3-6,12H,2,7H2,1H3,(H,13,14). The van der Waals surface area contributed by atoms with Gasteiger partial charge in [-0.2, -0.15) is 0 Å². The Balaban J connectivity index is 1.96. The van der Waals surface area contributed by atoms with Gasteiger partial charge < -0.3 is 10.3 Å². The van der Waals surface area contributed by atoms with Gasteiger partial charge in [-0.25, -0.2) is 9.97 Å². The third-order valence-electron chi connectivity index (χ3n) is 2.53. The Morgan fingerprint density at radius 2 is 2.50 bits per heavy atom. The molecule has 3 aromatic heterocycles. The van der Waals surface area contributed by atoms with Crippen LogP contribution in [0.1, 0.15) is 12.6 Å². The van der Waals surface area contributed by atoms with Crippen molar-refractivity contribution in [3.8, 4) is 0 Å². The summed E-state index contributed by atoms with van der Waals surface area (Å²) in [6.07, 6.45) is 5.64. The van der Waals surface area contributed by atoms with E-state index in [0.29, 0.717) is 0 Å². The van der Waals surface area contributed by atoms with Crippen LogP contribution in [-0.2, 0) is 6.54 Å². The van der Waals surface area contributed by atoms with Crippen molar-refractivity contribution in [1.82, 2.24) is 24.7 Å². The minimum atomic E-state index is 0.817. The molecule has 3 aromatic rings. The Bertz CT molecular complexity index is 625. The monoisotopic (exact) mass is 279 g/mol. The number of rotatable bonds is 5. The van der Waals surface area contributed by atoms with Gasteiger partial charge in [0.15, 0.2) is 10.1 Å². The molecule has 0 saturated carbocycles. The molecule has 3 rings (SSSR count). The van der Waals surface area contributed by atoms with E-state index in [1.165, 1.54) is 5.69 Å². The van der Waals surface area contributed by atoms with Crippen molar-refractivity contribution in [1.29, 1.82) is 0 Å². The van der Waals surface area contributed by atoms with Gasteiger partial charge in [-0.1, -0.05) is 6.92 Å². The van der Waals surface area contributed by atoms with E-state index in [0.717, 1.165) is 28.2 Å². The first kappa shape index (κ1) is 11.8. The van der Waals surface area contributed by atoms with E-state index in [4.69, 9.17) is 0 Å². The van der Waals surface area contributed by atoms with Crippen LogP contribution in [0.5, 0.6) is 0 Å². The van der Waals surface area contributed by atoms with Crippen molar-refractivity contribution >= 4 is 28.1 Å². The van der Waals surface area contributed by atoms with Gasteiger partial charge in [-0.3, -0.25) is 4.40 Å². The molecule has 0 aliphatic carbocycles. The molecule has 0 atom stereocenters. The highest BCUT2D eigenvalue weighted by Gasteiger charge is 2.14. The highest BCUT2D eigenvalue weighted by Crippen LogP contribution is 2.29. The zero-order valence-electron chi connectivity index (χ0n) is 9.88. The van der Waals surface area contributed by atoms with E-state index in [1.54, 1.807) is 29.3 Å². The minimum Gasteiger partial charge on any atom is -0.339 e. The number of nitrogens with zero attached hydrogens (tertiary/aromatic N) is 3. The molecule has 0 bridgehead atoms. The largest absolute Gasteiger partial charge is 0.339 e. The fourth-order valence-electron chi connectivity index (χ4n) is 1.70. The quantitative estimate of drug-likeness (QED) is 0.753. The minimum absolute atomic E-state index is 0.817. The normalized spacial score (nSPS) is 11.4. The fraction of sp³-hybridized carbons (Fsp3) is 0.273. The number of hydrogen-bond acceptors (Lipinski definition) is 5. The first-order valence-electron chi connectivity index (χ1n) is 5.71. The highest BCUT2D eigenvalue weighted by atomic mass is 32.2. The van der Waals surface area contributed by atoms with Crippen LogP contribution in [0.25, 0.3) is 4.96 Å². The van der Waals surface area contributed by atoms with E-state index < -0.39 is 0 Å². The van der Waals surface area contributed by atoms with Crippen LogP contribution in [0.4, 0.5) is 0 Å². The first-order valence-corrected chi connectivity index (χ1v) is 7.40. The zero-order chi connectivity index (χ0) is 12.4. The molecular weight excluding hydrogens is 266 g/mol. The molecule has 0 radical (unpaired) electrons. The second-order valence-corrected chi connectivity index (χ2v) is 5.55. The number of imidazole rings is 2. The summed E-state index contributed by atoms with van der Waals surface area (Å²) in [5, 5.41) is 7.29. The lowest BCUT2D eigenvalue weighted by Crippen LogP contribution is -2.13. The summed E-state index contributed by atoms with van der Waals surface area (Å²) in [6, 6.07) is 0. The summed E-state index contributed by atoms with van der Waals surface area (Å²) < 4.78 is 2.14. The van der Waals surface area contributed by atoms with Gasteiger partial charge in [0.2, 0.25) is 0 Å². The molecule has 18 heavy (non-hydrogen) atoms. The Morgan fingerprint density at radius 3 is 3.28 bits per heavy atom. The predicted octanol–water partition coefficient (Wildman–Crippen LogP) is 2.38. The second-order valence-electron chi connectivity index (χ2n) is 3.70. The summed E-state index contributed by atoms with van der Waals surface area (Å²) in [5.74, 6) is 0. The third kappa shape index (κ3) is 2.16. The van der Waals surface area contributed by atoms with Crippen molar-refractivity contribution in [2.75, 3.05) is 6.54 Å². The summed E-state index contributed by atoms with van der Waals surface area (Å²) in [7, 11) is 0. The molecule has 0 aliphatic rings. The van der Waals surface area contributed by atoms with E-state index >= 15 is 0 Å². The van der Waals surface area contributed by atoms with Crippen molar-refractivity contribution in [2.24, 2.45) is 0 Å². The molecule has 0 saturated heterocycles. The summed E-state index contributed by atoms with van der Waals surface area (Å²) >= 11 is 3.22. The third-order valence-corrected chi connectivity index (χ3v) is 4.23. The second kappa shape index (κ2) is 5.13. The summed E-state index contributed by atoms with van der Waals surface area (Å²) in [5.41, 5.74) is 1.19. The number of aromatic nitrogens is 4. The maximum absolute atomic E-state index is 4.64. The van der Waals surface area contributed by atoms with Crippen molar-refractivity contribution < 1.29 is 0 Å². The predicted molar refractivity (Wildman–Crippen MR) is 73.2 cm³/mol. The van der Waals surface area contributed by atoms with Crippen molar-refractivity contribution in [3.05, 3.63) is 29.7 Å². The molecular formula is C11H13N5S2. The van der Waals surface area contributed by atoms with Gasteiger partial charge in [0, 0.05) is 30.5 Å². The van der Waals surface area contributed by atoms with E-state index in [-0.39, 0.29) is 0 Å². The first-order chi connectivity index (χ1) is 8.88. The Hall–Kier alpha value is -1.31. The zero-order valence-corrected chi connectivity index (χ0v) is 11.5. The van der Waals surface area contributed by atoms with Gasteiger partial charge in [0.1, 0.15) is 5.03 Å². The number of H-pyrrole nitrogens is 1. The maximum Gasteiger partial charge on any atom is 0.194 e. The van der Waals surface area contributed by atoms with Crippen LogP contribution in [0, 0.1) is 0 Å². The molecule has 0 amide bonds. The lowest BCUT2D eigenvalue weighted by Gasteiger charge is -2.03. The van der Waals surface area contributed by atoms with E-state index in [9.17, 15) is 0 Å². The molecule has 94 valence electrons. The molecule has 0 unspecified atom stereocenters. The van der Waals surface area contributed by atoms with Crippen LogP contribution in [0.2, 0.25) is 0 Å². The molecule has 2 N–H and O–H groups in total. The Kier molecular flexibility index (Phi) is 3.35. The molecule has 0 spiro atoms. The van der Waals surface area contributed by atoms with Crippen molar-refractivity contribution in [3.63, 3.8) is 0 Å². The lowest BCUT2D eigenvalue weighted by atomic mass is 10.4. The number of fused-ring (bicyclic) bond motifs is 1. The van der Waals surface area contributed by atoms with Crippen LogP contribution < -0.4 is 5.32 Å². The molecule has 3 heterocycles. The molecule has 7 heteroatoms. The highest BCUT2D eigenvalue weighted by molar-refractivity contribution is 7.99. The van der Waals surface area contributed by atoms with E-state index in [2.05, 4.69) is 43.2 Å². The summed E-state index contributed by atoms with van der Waals surface area (Å²) in [4.78, 5) is 13.0. The molecule has 0 fully saturated rings. The van der Waals surface area contributed by atoms with Crippen LogP contribution >= 0.6 is 23.1 Å². The number of thiazole rings is 1. The summed E-state index contributed by atoms with van der Waals surface area (Å²) in [6.45, 7) is 3.87. The topological polar surface area (TPSA) is 58.0 Å². The molecule has 5 nitrogen and oxygen atoms in total. The average Bonchev–Trinajstić information content (AvgIpc) is 3.04. The number of hydrogen-bond donors (Lipinski definition) is 2. The number of nitrogens with one attached hydrogen (secondary N) is 2. The van der Waals surface area contributed by atoms with Gasteiger partial charge in [-0.05, 0) is 18.3 Å². The van der Waals surface area contributed by atoms with Crippen LogP contribution in [0.15, 0.2) is 34.2 Å². The van der Waals surface area contributed by atoms with Gasteiger partial charge >= 0.3 is 0 Å². The molecule has 0 aliphatic heterocycles. The van der Waals surface area contributed by atoms with Crippen LogP contribution in [0.3, 0.4) is 0 Å². The van der Waals surface area contributed by atoms with Gasteiger partial charge in [0.05, 0.1) is 5.69 Å². The van der Waals surface area contributed by atoms with Crippen LogP contribution in [-0.4, -0.2) is 25.9 Å². The Morgan fingerprint density at radius 1 is 1.56 bits per heavy atom. The maximum atomic E-state index is 4.64. The average molecular weight is 279 g/mol. The SMILES string of the molecule is CCNCc1c(Sc2ncc[nH]2)nc2sccn12. The smallest absolute Gasteiger partial charge is 0.194 e. The van der Waals surface area contributed by atoms with E-state index in [1.807, 2.05) is 6.20 Å². The lowest BCUT2D eigenvalue weighted by molar-refractivity contribution is 0.694. The van der Waals surface area contributed by atoms with Gasteiger partial charge in [0.25, 0.3) is 0 Å².